The standard InChI is InChI=1S/C20H20O/c1-3-20(4-2)18-12-8-6-10-16(18)14-13-15-9-5-7-11-17(15)19(20)21/h5-14H,3-4H2,1-2H3/b14-13-. The molecule has 0 heterocycles. The molecule has 3 rings (SSSR count). The quantitative estimate of drug-likeness (QED) is 0.744. The van der Waals surface area contributed by atoms with Crippen molar-refractivity contribution in [2.45, 2.75) is 32.1 Å². The van der Waals surface area contributed by atoms with Gasteiger partial charge in [0.05, 0.1) is 5.41 Å². The third kappa shape index (κ3) is 2.04. The fourth-order valence-corrected chi connectivity index (χ4v) is 3.44. The molecule has 106 valence electrons. The molecule has 1 aliphatic rings. The van der Waals surface area contributed by atoms with Gasteiger partial charge in [-0.1, -0.05) is 74.5 Å². The van der Waals surface area contributed by atoms with Crippen LogP contribution in [0, 0.1) is 0 Å². The molecule has 2 aromatic rings. The maximum Gasteiger partial charge on any atom is 0.173 e. The first-order valence-electron chi connectivity index (χ1n) is 7.64. The lowest BCUT2D eigenvalue weighted by molar-refractivity contribution is 0.0872. The summed E-state index contributed by atoms with van der Waals surface area (Å²) >= 11 is 0. The number of hydrogen-bond donors (Lipinski definition) is 0. The van der Waals surface area contributed by atoms with E-state index in [9.17, 15) is 4.79 Å². The summed E-state index contributed by atoms with van der Waals surface area (Å²) in [4.78, 5) is 13.3. The van der Waals surface area contributed by atoms with Crippen LogP contribution in [0.5, 0.6) is 0 Å². The Kier molecular flexibility index (Phi) is 3.50. The average molecular weight is 276 g/mol. The second kappa shape index (κ2) is 5.33. The van der Waals surface area contributed by atoms with Crippen LogP contribution in [0.4, 0.5) is 0 Å². The minimum Gasteiger partial charge on any atom is -0.293 e. The highest BCUT2D eigenvalue weighted by Crippen LogP contribution is 2.40. The molecule has 0 amide bonds. The summed E-state index contributed by atoms with van der Waals surface area (Å²) in [6.07, 6.45) is 5.84. The van der Waals surface area contributed by atoms with Gasteiger partial charge in [-0.25, -0.2) is 0 Å². The molecular weight excluding hydrogens is 256 g/mol. The third-order valence-corrected chi connectivity index (χ3v) is 4.77. The first kappa shape index (κ1) is 13.8. The van der Waals surface area contributed by atoms with Gasteiger partial charge >= 0.3 is 0 Å². The average Bonchev–Trinajstić information content (AvgIpc) is 2.54. The van der Waals surface area contributed by atoms with Gasteiger partial charge in [-0.2, -0.15) is 0 Å². The van der Waals surface area contributed by atoms with Crippen molar-refractivity contribution in [1.82, 2.24) is 0 Å². The van der Waals surface area contributed by atoms with Crippen LogP contribution >= 0.6 is 0 Å². The van der Waals surface area contributed by atoms with Gasteiger partial charge in [-0.15, -0.1) is 0 Å². The van der Waals surface area contributed by atoms with Crippen LogP contribution in [0.15, 0.2) is 48.5 Å². The van der Waals surface area contributed by atoms with Gasteiger partial charge in [0.1, 0.15) is 0 Å². The van der Waals surface area contributed by atoms with Crippen molar-refractivity contribution in [3.63, 3.8) is 0 Å². The van der Waals surface area contributed by atoms with Gasteiger partial charge in [0, 0.05) is 5.56 Å². The third-order valence-electron chi connectivity index (χ3n) is 4.77. The molecule has 1 nitrogen and oxygen atoms in total. The van der Waals surface area contributed by atoms with Crippen LogP contribution in [0.1, 0.15) is 53.7 Å². The zero-order valence-electron chi connectivity index (χ0n) is 12.6. The van der Waals surface area contributed by atoms with E-state index >= 15 is 0 Å². The predicted molar refractivity (Wildman–Crippen MR) is 88.4 cm³/mol. The second-order valence-electron chi connectivity index (χ2n) is 5.63. The van der Waals surface area contributed by atoms with Crippen molar-refractivity contribution in [3.05, 3.63) is 70.8 Å². The van der Waals surface area contributed by atoms with E-state index < -0.39 is 5.41 Å². The summed E-state index contributed by atoms with van der Waals surface area (Å²) in [6.45, 7) is 4.23. The van der Waals surface area contributed by atoms with E-state index in [1.54, 1.807) is 0 Å². The van der Waals surface area contributed by atoms with Crippen LogP contribution in [-0.4, -0.2) is 5.78 Å². The number of ketones is 1. The molecule has 1 heteroatoms. The number of benzene rings is 2. The van der Waals surface area contributed by atoms with E-state index in [0.29, 0.717) is 0 Å². The summed E-state index contributed by atoms with van der Waals surface area (Å²) in [5.41, 5.74) is 3.75. The van der Waals surface area contributed by atoms with Gasteiger partial charge in [-0.05, 0) is 29.5 Å². The van der Waals surface area contributed by atoms with Crippen LogP contribution in [0.2, 0.25) is 0 Å². The van der Waals surface area contributed by atoms with E-state index in [1.165, 1.54) is 0 Å². The van der Waals surface area contributed by atoms with E-state index in [-0.39, 0.29) is 5.78 Å². The minimum absolute atomic E-state index is 0.250. The molecule has 21 heavy (non-hydrogen) atoms. The molecular formula is C20H20O. The Morgan fingerprint density at radius 3 is 2.10 bits per heavy atom. The SMILES string of the molecule is CCC1(CC)C(=O)c2ccccc2/C=C\c2ccccc21. The van der Waals surface area contributed by atoms with E-state index in [2.05, 4.69) is 38.1 Å². The number of rotatable bonds is 2. The second-order valence-corrected chi connectivity index (χ2v) is 5.63. The predicted octanol–water partition coefficient (Wildman–Crippen LogP) is 5.11. The lowest BCUT2D eigenvalue weighted by atomic mass is 9.68. The van der Waals surface area contributed by atoms with Crippen molar-refractivity contribution < 1.29 is 4.79 Å². The van der Waals surface area contributed by atoms with Crippen molar-refractivity contribution in [2.24, 2.45) is 0 Å². The maximum atomic E-state index is 13.3. The highest BCUT2D eigenvalue weighted by Gasteiger charge is 2.39. The van der Waals surface area contributed by atoms with E-state index in [4.69, 9.17) is 0 Å². The Bertz CT molecular complexity index is 705. The van der Waals surface area contributed by atoms with E-state index in [1.807, 2.05) is 36.4 Å². The van der Waals surface area contributed by atoms with Crippen LogP contribution in [0.3, 0.4) is 0 Å². The van der Waals surface area contributed by atoms with Gasteiger partial charge < -0.3 is 0 Å². The Hall–Kier alpha value is -2.15. The fourth-order valence-electron chi connectivity index (χ4n) is 3.44. The van der Waals surface area contributed by atoms with Crippen molar-refractivity contribution in [1.29, 1.82) is 0 Å². The molecule has 0 saturated carbocycles. The first-order valence-corrected chi connectivity index (χ1v) is 7.64. The smallest absolute Gasteiger partial charge is 0.173 e. The Morgan fingerprint density at radius 1 is 0.810 bits per heavy atom. The van der Waals surface area contributed by atoms with Gasteiger partial charge in [0.25, 0.3) is 0 Å². The number of fused-ring (bicyclic) bond motifs is 2. The summed E-state index contributed by atoms with van der Waals surface area (Å²) in [7, 11) is 0. The zero-order valence-corrected chi connectivity index (χ0v) is 12.6. The highest BCUT2D eigenvalue weighted by atomic mass is 16.1. The van der Waals surface area contributed by atoms with Gasteiger partial charge in [0.2, 0.25) is 0 Å². The number of carbonyl (C=O) groups is 1. The van der Waals surface area contributed by atoms with Crippen LogP contribution in [0.25, 0.3) is 12.2 Å². The summed E-state index contributed by atoms with van der Waals surface area (Å²) < 4.78 is 0. The maximum absolute atomic E-state index is 13.3. The van der Waals surface area contributed by atoms with E-state index in [0.717, 1.165) is 35.1 Å². The summed E-state index contributed by atoms with van der Waals surface area (Å²) in [6, 6.07) is 16.2. The molecule has 0 atom stereocenters. The van der Waals surface area contributed by atoms with Crippen molar-refractivity contribution in [3.8, 4) is 0 Å². The molecule has 0 bridgehead atoms. The van der Waals surface area contributed by atoms with Crippen molar-refractivity contribution in [2.75, 3.05) is 0 Å². The fraction of sp³-hybridized carbons (Fsp3) is 0.250. The normalized spacial score (nSPS) is 17.3. The van der Waals surface area contributed by atoms with Crippen LogP contribution in [-0.2, 0) is 5.41 Å². The Balaban J connectivity index is 2.35. The minimum atomic E-state index is -0.419. The molecule has 0 saturated heterocycles. The molecule has 0 aromatic heterocycles. The highest BCUT2D eigenvalue weighted by molar-refractivity contribution is 6.08. The van der Waals surface area contributed by atoms with Gasteiger partial charge in [-0.3, -0.25) is 4.79 Å². The Labute approximate surface area is 126 Å². The number of hydrogen-bond acceptors (Lipinski definition) is 1. The van der Waals surface area contributed by atoms with Crippen LogP contribution < -0.4 is 0 Å². The zero-order chi connectivity index (χ0) is 14.9. The molecule has 2 aromatic carbocycles. The lowest BCUT2D eigenvalue weighted by Crippen LogP contribution is -2.36. The lowest BCUT2D eigenvalue weighted by Gasteiger charge is -2.33. The summed E-state index contributed by atoms with van der Waals surface area (Å²) in [5.74, 6) is 0.250. The number of Topliss-reactive ketones (excluding diaryl/α,β-unsaturated/α-hetero) is 1. The monoisotopic (exact) mass is 276 g/mol. The van der Waals surface area contributed by atoms with Crippen molar-refractivity contribution >= 4 is 17.9 Å². The number of carbonyl (C=O) groups excluding carboxylic acids is 1. The topological polar surface area (TPSA) is 17.1 Å². The molecule has 1 aliphatic carbocycles. The molecule has 0 aliphatic heterocycles. The molecule has 0 N–H and O–H groups in total. The summed E-state index contributed by atoms with van der Waals surface area (Å²) in [5, 5.41) is 0. The molecule has 0 fully saturated rings. The molecule has 0 unspecified atom stereocenters. The Morgan fingerprint density at radius 2 is 1.38 bits per heavy atom. The largest absolute Gasteiger partial charge is 0.293 e. The van der Waals surface area contributed by atoms with Gasteiger partial charge in [0.15, 0.2) is 5.78 Å². The molecule has 0 spiro atoms. The molecule has 0 radical (unpaired) electrons. The first-order chi connectivity index (χ1) is 10.2.